The molecule has 0 N–H and O–H groups in total. The zero-order chi connectivity index (χ0) is 22.4. The normalized spacial score (nSPS) is 25.2. The highest BCUT2D eigenvalue weighted by Gasteiger charge is 2.40. The van der Waals surface area contributed by atoms with Gasteiger partial charge in [0.1, 0.15) is 11.5 Å². The number of ether oxygens (including phenoxy) is 4. The van der Waals surface area contributed by atoms with Crippen molar-refractivity contribution < 1.29 is 18.9 Å². The highest BCUT2D eigenvalue weighted by atomic mass is 16.7. The summed E-state index contributed by atoms with van der Waals surface area (Å²) in [4.78, 5) is 0. The molecule has 2 aromatic rings. The molecule has 4 nitrogen and oxygen atoms in total. The molecule has 0 amide bonds. The topological polar surface area (TPSA) is 36.9 Å². The largest absolute Gasteiger partial charge is 0.497 e. The minimum absolute atomic E-state index is 0.0104. The first kappa shape index (κ1) is 23.1. The maximum absolute atomic E-state index is 5.98. The monoisotopic (exact) mass is 438 g/mol. The molecular weight excluding hydrogens is 400 g/mol. The summed E-state index contributed by atoms with van der Waals surface area (Å²) in [6, 6.07) is 15.4. The van der Waals surface area contributed by atoms with Crippen LogP contribution in [0.2, 0.25) is 0 Å². The van der Waals surface area contributed by atoms with Crippen LogP contribution in [-0.2, 0) is 21.3 Å². The average molecular weight is 439 g/mol. The number of aryl methyl sites for hydroxylation is 1. The summed E-state index contributed by atoms with van der Waals surface area (Å²) in [6.07, 6.45) is 9.00. The Balaban J connectivity index is 1.48. The lowest BCUT2D eigenvalue weighted by molar-refractivity contribution is -0.162. The Kier molecular flexibility index (Phi) is 7.75. The number of rotatable bonds is 9. The van der Waals surface area contributed by atoms with E-state index in [0.29, 0.717) is 5.92 Å². The molecule has 0 spiro atoms. The number of benzene rings is 2. The van der Waals surface area contributed by atoms with Crippen LogP contribution in [0.4, 0.5) is 0 Å². The van der Waals surface area contributed by atoms with Gasteiger partial charge in [-0.1, -0.05) is 31.5 Å². The molecule has 1 heterocycles. The predicted octanol–water partition coefficient (Wildman–Crippen LogP) is 6.41. The minimum atomic E-state index is 0.0104. The lowest BCUT2D eigenvalue weighted by atomic mass is 9.60. The number of unbranched alkanes of at least 4 members (excludes halogenated alkanes) is 1. The van der Waals surface area contributed by atoms with Gasteiger partial charge in [0.15, 0.2) is 6.29 Å². The number of methoxy groups -OCH3 is 2. The molecule has 1 saturated heterocycles. The van der Waals surface area contributed by atoms with E-state index in [1.54, 1.807) is 14.2 Å². The predicted molar refractivity (Wildman–Crippen MR) is 128 cm³/mol. The Labute approximate surface area is 193 Å². The zero-order valence-corrected chi connectivity index (χ0v) is 19.9. The van der Waals surface area contributed by atoms with E-state index >= 15 is 0 Å². The van der Waals surface area contributed by atoms with Gasteiger partial charge in [-0.05, 0) is 97.2 Å². The molecular formula is C28H38O4. The molecule has 0 aromatic heterocycles. The van der Waals surface area contributed by atoms with Gasteiger partial charge in [0.2, 0.25) is 0 Å². The van der Waals surface area contributed by atoms with Crippen molar-refractivity contribution in [3.8, 4) is 11.5 Å². The molecule has 0 saturated carbocycles. The molecule has 1 fully saturated rings. The van der Waals surface area contributed by atoms with Crippen LogP contribution < -0.4 is 9.47 Å². The van der Waals surface area contributed by atoms with E-state index < -0.39 is 0 Å². The highest BCUT2D eigenvalue weighted by Crippen LogP contribution is 2.50. The maximum atomic E-state index is 5.98. The quantitative estimate of drug-likeness (QED) is 0.424. The molecule has 4 rings (SSSR count). The summed E-state index contributed by atoms with van der Waals surface area (Å²) >= 11 is 0. The van der Waals surface area contributed by atoms with Gasteiger partial charge in [-0.15, -0.1) is 0 Å². The molecule has 174 valence electrons. The van der Waals surface area contributed by atoms with Crippen molar-refractivity contribution >= 4 is 0 Å². The number of fused-ring (bicyclic) bond motifs is 1. The van der Waals surface area contributed by atoms with Crippen LogP contribution in [0.1, 0.15) is 74.5 Å². The van der Waals surface area contributed by atoms with Crippen molar-refractivity contribution in [2.24, 2.45) is 0 Å². The Bertz CT molecular complexity index is 856. The molecule has 3 unspecified atom stereocenters. The summed E-state index contributed by atoms with van der Waals surface area (Å²) in [7, 11) is 3.48. The molecule has 1 aliphatic carbocycles. The first-order valence-corrected chi connectivity index (χ1v) is 12.2. The van der Waals surface area contributed by atoms with Crippen molar-refractivity contribution in [3.05, 3.63) is 59.2 Å². The second-order valence-corrected chi connectivity index (χ2v) is 9.43. The maximum Gasteiger partial charge on any atom is 0.157 e. The SMILES string of the molecule is COc1ccc(C2(C)CCc3cc(OC)ccc3C2CCCCOC2CCCCO2)cc1. The third-order valence-electron chi connectivity index (χ3n) is 7.49. The second-order valence-electron chi connectivity index (χ2n) is 9.43. The minimum Gasteiger partial charge on any atom is -0.497 e. The van der Waals surface area contributed by atoms with E-state index in [1.807, 2.05) is 0 Å². The van der Waals surface area contributed by atoms with Crippen LogP contribution >= 0.6 is 0 Å². The van der Waals surface area contributed by atoms with Gasteiger partial charge in [-0.25, -0.2) is 0 Å². The van der Waals surface area contributed by atoms with Crippen LogP contribution in [0.25, 0.3) is 0 Å². The number of hydrogen-bond donors (Lipinski definition) is 0. The van der Waals surface area contributed by atoms with E-state index in [-0.39, 0.29) is 11.7 Å². The van der Waals surface area contributed by atoms with Gasteiger partial charge >= 0.3 is 0 Å². The van der Waals surface area contributed by atoms with Gasteiger partial charge < -0.3 is 18.9 Å². The molecule has 1 aliphatic heterocycles. The van der Waals surface area contributed by atoms with E-state index in [0.717, 1.165) is 69.7 Å². The van der Waals surface area contributed by atoms with Gasteiger partial charge in [-0.3, -0.25) is 0 Å². The van der Waals surface area contributed by atoms with Gasteiger partial charge in [0.05, 0.1) is 14.2 Å². The van der Waals surface area contributed by atoms with Gasteiger partial charge in [0, 0.05) is 13.2 Å². The van der Waals surface area contributed by atoms with Crippen molar-refractivity contribution in [1.82, 2.24) is 0 Å². The smallest absolute Gasteiger partial charge is 0.157 e. The fourth-order valence-electron chi connectivity index (χ4n) is 5.48. The fourth-order valence-corrected chi connectivity index (χ4v) is 5.48. The molecule has 2 aliphatic rings. The first-order chi connectivity index (χ1) is 15.6. The fraction of sp³-hybridized carbons (Fsp3) is 0.571. The van der Waals surface area contributed by atoms with Crippen molar-refractivity contribution in [1.29, 1.82) is 0 Å². The van der Waals surface area contributed by atoms with Crippen LogP contribution in [0.15, 0.2) is 42.5 Å². The van der Waals surface area contributed by atoms with Crippen LogP contribution in [0.3, 0.4) is 0 Å². The number of hydrogen-bond acceptors (Lipinski definition) is 4. The molecule has 0 bridgehead atoms. The molecule has 0 radical (unpaired) electrons. The molecule has 3 atom stereocenters. The van der Waals surface area contributed by atoms with Crippen LogP contribution in [-0.4, -0.2) is 33.7 Å². The third kappa shape index (κ3) is 5.13. The summed E-state index contributed by atoms with van der Waals surface area (Å²) in [6.45, 7) is 4.07. The summed E-state index contributed by atoms with van der Waals surface area (Å²) in [5, 5.41) is 0. The summed E-state index contributed by atoms with van der Waals surface area (Å²) in [5.74, 6) is 2.34. The van der Waals surface area contributed by atoms with Crippen LogP contribution in [0, 0.1) is 0 Å². The lowest BCUT2D eigenvalue weighted by Crippen LogP contribution is -2.35. The van der Waals surface area contributed by atoms with Crippen LogP contribution in [0.5, 0.6) is 11.5 Å². The van der Waals surface area contributed by atoms with Crippen molar-refractivity contribution in [2.45, 2.75) is 75.9 Å². The highest BCUT2D eigenvalue weighted by molar-refractivity contribution is 5.45. The Hall–Kier alpha value is -2.04. The third-order valence-corrected chi connectivity index (χ3v) is 7.49. The van der Waals surface area contributed by atoms with E-state index in [9.17, 15) is 0 Å². The summed E-state index contributed by atoms with van der Waals surface area (Å²) in [5.41, 5.74) is 4.41. The Morgan fingerprint density at radius 1 is 0.969 bits per heavy atom. The van der Waals surface area contributed by atoms with Crippen molar-refractivity contribution in [3.63, 3.8) is 0 Å². The Morgan fingerprint density at radius 2 is 1.75 bits per heavy atom. The Morgan fingerprint density at radius 3 is 2.47 bits per heavy atom. The zero-order valence-electron chi connectivity index (χ0n) is 19.9. The van der Waals surface area contributed by atoms with Gasteiger partial charge in [-0.2, -0.15) is 0 Å². The molecule has 32 heavy (non-hydrogen) atoms. The summed E-state index contributed by atoms with van der Waals surface area (Å²) < 4.78 is 22.6. The first-order valence-electron chi connectivity index (χ1n) is 12.2. The molecule has 4 heteroatoms. The van der Waals surface area contributed by atoms with E-state index in [1.165, 1.54) is 23.1 Å². The van der Waals surface area contributed by atoms with E-state index in [4.69, 9.17) is 18.9 Å². The lowest BCUT2D eigenvalue weighted by Gasteiger charge is -2.44. The average Bonchev–Trinajstić information content (AvgIpc) is 2.85. The van der Waals surface area contributed by atoms with Crippen molar-refractivity contribution in [2.75, 3.05) is 27.4 Å². The van der Waals surface area contributed by atoms with E-state index in [2.05, 4.69) is 49.4 Å². The standard InChI is InChI=1S/C28H38O4/c1-28(22-10-12-23(29-2)13-11-22)17-16-21-20-24(30-3)14-15-25(21)26(28)8-4-6-18-31-27-9-5-7-19-32-27/h10-15,20,26-27H,4-9,16-19H2,1-3H3. The van der Waals surface area contributed by atoms with Gasteiger partial charge in [0.25, 0.3) is 0 Å². The molecule has 2 aromatic carbocycles. The second kappa shape index (κ2) is 10.7.